The van der Waals surface area contributed by atoms with E-state index in [1.54, 1.807) is 13.0 Å². The first-order valence-electron chi connectivity index (χ1n) is 4.32. The minimum absolute atomic E-state index is 0.0145. The van der Waals surface area contributed by atoms with Crippen LogP contribution in [0.4, 0.5) is 5.69 Å². The highest BCUT2D eigenvalue weighted by Gasteiger charge is 2.14. The van der Waals surface area contributed by atoms with Gasteiger partial charge >= 0.3 is 5.97 Å². The molecule has 0 saturated carbocycles. The van der Waals surface area contributed by atoms with E-state index >= 15 is 0 Å². The molecule has 0 saturated heterocycles. The first kappa shape index (κ1) is 12.5. The largest absolute Gasteiger partial charge is 0.478 e. The van der Waals surface area contributed by atoms with E-state index in [0.717, 1.165) is 10.6 Å². The lowest BCUT2D eigenvalue weighted by Crippen LogP contribution is -2.19. The van der Waals surface area contributed by atoms with Crippen molar-refractivity contribution >= 4 is 22.6 Å². The van der Waals surface area contributed by atoms with Crippen LogP contribution in [0.15, 0.2) is 18.2 Å². The number of hydrogen-bond acceptors (Lipinski definition) is 5. The summed E-state index contributed by atoms with van der Waals surface area (Å²) in [6.07, 6.45) is 0. The van der Waals surface area contributed by atoms with Gasteiger partial charge in [0.05, 0.1) is 11.3 Å². The molecule has 88 valence electrons. The third-order valence-corrected chi connectivity index (χ3v) is 2.29. The van der Waals surface area contributed by atoms with Crippen molar-refractivity contribution < 1.29 is 22.6 Å². The molecule has 0 amide bonds. The van der Waals surface area contributed by atoms with Crippen LogP contribution >= 0.6 is 0 Å². The Labute approximate surface area is 94.2 Å². The molecule has 0 spiro atoms. The second-order valence-electron chi connectivity index (χ2n) is 3.13. The fourth-order valence-electron chi connectivity index (χ4n) is 1.24. The lowest BCUT2D eigenvalue weighted by Gasteiger charge is -2.16. The summed E-state index contributed by atoms with van der Waals surface area (Å²) in [5.74, 6) is -1.14. The lowest BCUT2D eigenvalue weighted by molar-refractivity contribution is 0.0696. The number of hydroxylamine groups is 1. The van der Waals surface area contributed by atoms with Crippen LogP contribution in [0.5, 0.6) is 0 Å². The van der Waals surface area contributed by atoms with Crippen molar-refractivity contribution in [3.05, 3.63) is 29.3 Å². The highest BCUT2D eigenvalue weighted by molar-refractivity contribution is 7.67. The SMILES string of the molecule is Cc1ccc(N(C)O[SH](=O)=O)c(C(=O)O)c1. The number of aromatic carboxylic acids is 1. The molecule has 6 nitrogen and oxygen atoms in total. The molecular weight excluding hydrogens is 234 g/mol. The molecule has 0 heterocycles. The van der Waals surface area contributed by atoms with E-state index in [0.29, 0.717) is 0 Å². The van der Waals surface area contributed by atoms with E-state index in [9.17, 15) is 13.2 Å². The minimum Gasteiger partial charge on any atom is -0.478 e. The zero-order valence-electron chi connectivity index (χ0n) is 8.71. The Morgan fingerprint density at radius 1 is 1.44 bits per heavy atom. The molecule has 0 bridgehead atoms. The third kappa shape index (κ3) is 2.94. The van der Waals surface area contributed by atoms with Crippen molar-refractivity contribution in [1.82, 2.24) is 0 Å². The van der Waals surface area contributed by atoms with Crippen LogP contribution in [0, 0.1) is 6.92 Å². The second-order valence-corrected chi connectivity index (χ2v) is 3.74. The number of anilines is 1. The molecule has 7 heteroatoms. The number of carboxylic acid groups (broad SMARTS) is 1. The third-order valence-electron chi connectivity index (χ3n) is 1.91. The van der Waals surface area contributed by atoms with Crippen LogP contribution in [0.1, 0.15) is 15.9 Å². The molecule has 0 aliphatic carbocycles. The summed E-state index contributed by atoms with van der Waals surface area (Å²) in [6.45, 7) is 1.74. The van der Waals surface area contributed by atoms with Crippen LogP contribution in [-0.2, 0) is 15.3 Å². The van der Waals surface area contributed by atoms with Gasteiger partial charge in [0.25, 0.3) is 11.0 Å². The molecule has 1 rings (SSSR count). The van der Waals surface area contributed by atoms with Gasteiger partial charge in [0, 0.05) is 7.05 Å². The van der Waals surface area contributed by atoms with Crippen molar-refractivity contribution in [2.45, 2.75) is 6.92 Å². The Bertz CT molecular complexity index is 475. The maximum Gasteiger partial charge on any atom is 0.337 e. The van der Waals surface area contributed by atoms with Gasteiger partial charge in [-0.3, -0.25) is 0 Å². The van der Waals surface area contributed by atoms with Gasteiger partial charge in [-0.15, -0.1) is 0 Å². The molecule has 1 aromatic rings. The number of carboxylic acids is 1. The topological polar surface area (TPSA) is 83.9 Å². The smallest absolute Gasteiger partial charge is 0.337 e. The Kier molecular flexibility index (Phi) is 3.86. The molecule has 0 radical (unpaired) electrons. The summed E-state index contributed by atoms with van der Waals surface area (Å²) in [6, 6.07) is 4.59. The maximum absolute atomic E-state index is 10.9. The molecule has 16 heavy (non-hydrogen) atoms. The van der Waals surface area contributed by atoms with Crippen molar-refractivity contribution in [1.29, 1.82) is 0 Å². The van der Waals surface area contributed by atoms with Gasteiger partial charge in [-0.25, -0.2) is 18.3 Å². The van der Waals surface area contributed by atoms with Gasteiger partial charge in [0.1, 0.15) is 0 Å². The van der Waals surface area contributed by atoms with E-state index < -0.39 is 17.0 Å². The number of carbonyl (C=O) groups is 1. The van der Waals surface area contributed by atoms with Crippen molar-refractivity contribution in [2.24, 2.45) is 0 Å². The molecule has 1 aromatic carbocycles. The number of aryl methyl sites for hydroxylation is 1. The van der Waals surface area contributed by atoms with Gasteiger partial charge in [0.2, 0.25) is 0 Å². The molecule has 0 aliphatic rings. The number of hydrogen-bond donors (Lipinski definition) is 2. The predicted molar refractivity (Wildman–Crippen MR) is 57.9 cm³/mol. The fraction of sp³-hybridized carbons (Fsp3) is 0.222. The maximum atomic E-state index is 10.9. The molecule has 0 unspecified atom stereocenters. The molecule has 0 fully saturated rings. The number of nitrogens with zero attached hydrogens (tertiary/aromatic N) is 1. The van der Waals surface area contributed by atoms with Crippen LogP contribution in [0.3, 0.4) is 0 Å². The summed E-state index contributed by atoms with van der Waals surface area (Å²) in [4.78, 5) is 10.9. The van der Waals surface area contributed by atoms with E-state index in [-0.39, 0.29) is 11.3 Å². The number of rotatable bonds is 4. The van der Waals surface area contributed by atoms with Crippen molar-refractivity contribution in [2.75, 3.05) is 12.1 Å². The van der Waals surface area contributed by atoms with Crippen LogP contribution in [0.2, 0.25) is 0 Å². The van der Waals surface area contributed by atoms with Crippen LogP contribution in [0.25, 0.3) is 0 Å². The van der Waals surface area contributed by atoms with Crippen molar-refractivity contribution in [3.63, 3.8) is 0 Å². The summed E-state index contributed by atoms with van der Waals surface area (Å²) in [5.41, 5.74) is 0.928. The Morgan fingerprint density at radius 3 is 2.56 bits per heavy atom. The van der Waals surface area contributed by atoms with Crippen LogP contribution in [-0.4, -0.2) is 26.5 Å². The second kappa shape index (κ2) is 4.95. The fourth-order valence-corrected chi connectivity index (χ4v) is 1.53. The highest BCUT2D eigenvalue weighted by atomic mass is 32.2. The Morgan fingerprint density at radius 2 is 2.06 bits per heavy atom. The van der Waals surface area contributed by atoms with Gasteiger partial charge in [-0.05, 0) is 19.1 Å². The average Bonchev–Trinajstić information content (AvgIpc) is 2.16. The molecule has 0 atom stereocenters. The molecular formula is C9H11NO5S. The summed E-state index contributed by atoms with van der Waals surface area (Å²) >= 11 is 0. The summed E-state index contributed by atoms with van der Waals surface area (Å²) in [7, 11) is -1.75. The summed E-state index contributed by atoms with van der Waals surface area (Å²) in [5, 5.41) is 9.84. The zero-order valence-corrected chi connectivity index (χ0v) is 9.60. The van der Waals surface area contributed by atoms with Gasteiger partial charge < -0.3 is 5.11 Å². The molecule has 0 aliphatic heterocycles. The first-order chi connectivity index (χ1) is 7.41. The Balaban J connectivity index is 3.16. The van der Waals surface area contributed by atoms with E-state index in [2.05, 4.69) is 4.28 Å². The average molecular weight is 245 g/mol. The molecule has 1 N–H and O–H groups in total. The monoisotopic (exact) mass is 245 g/mol. The quantitative estimate of drug-likeness (QED) is 0.596. The van der Waals surface area contributed by atoms with Crippen molar-refractivity contribution in [3.8, 4) is 0 Å². The standard InChI is InChI=1S/C9H11NO5S/c1-6-3-4-8(7(5-6)9(11)12)10(2)15-16(13)14/h3-5,16H,1-2H3,(H,11,12). The minimum atomic E-state index is -3.07. The number of benzene rings is 1. The van der Waals surface area contributed by atoms with E-state index in [1.165, 1.54) is 19.2 Å². The number of thiol groups is 1. The normalized spacial score (nSPS) is 10.4. The first-order valence-corrected chi connectivity index (χ1v) is 5.41. The highest BCUT2D eigenvalue weighted by Crippen LogP contribution is 2.21. The van der Waals surface area contributed by atoms with Gasteiger partial charge in [0.15, 0.2) is 0 Å². The van der Waals surface area contributed by atoms with E-state index in [1.807, 2.05) is 0 Å². The van der Waals surface area contributed by atoms with E-state index in [4.69, 9.17) is 5.11 Å². The zero-order chi connectivity index (χ0) is 12.3. The predicted octanol–water partition coefficient (Wildman–Crippen LogP) is 0.587. The van der Waals surface area contributed by atoms with Gasteiger partial charge in [-0.2, -0.15) is 4.28 Å². The van der Waals surface area contributed by atoms with Gasteiger partial charge in [-0.1, -0.05) is 11.6 Å². The summed E-state index contributed by atoms with van der Waals surface area (Å²) < 4.78 is 25.1. The Hall–Kier alpha value is -1.60. The lowest BCUT2D eigenvalue weighted by atomic mass is 10.1. The van der Waals surface area contributed by atoms with Crippen LogP contribution < -0.4 is 5.06 Å². The molecule has 0 aromatic heterocycles.